The van der Waals surface area contributed by atoms with E-state index in [0.717, 1.165) is 22.9 Å². The van der Waals surface area contributed by atoms with Gasteiger partial charge in [-0.25, -0.2) is 9.37 Å². The van der Waals surface area contributed by atoms with Crippen LogP contribution in [0.3, 0.4) is 0 Å². The van der Waals surface area contributed by atoms with Crippen LogP contribution in [0.5, 0.6) is 11.5 Å². The summed E-state index contributed by atoms with van der Waals surface area (Å²) in [6.45, 7) is 2.44. The van der Waals surface area contributed by atoms with Crippen molar-refractivity contribution in [2.45, 2.75) is 26.4 Å². The molecule has 1 heterocycles. The van der Waals surface area contributed by atoms with E-state index < -0.39 is 11.7 Å². The SMILES string of the molecule is CCc1ccc2nc(Cl)c(CN(Cc3ccc(OC)c(OC)c3)C(=O)c3ccccc3F)cc2c1. The summed E-state index contributed by atoms with van der Waals surface area (Å²) in [5.41, 5.74) is 3.43. The molecule has 3 aromatic carbocycles. The largest absolute Gasteiger partial charge is 0.493 e. The lowest BCUT2D eigenvalue weighted by Crippen LogP contribution is -2.31. The van der Waals surface area contributed by atoms with Crippen molar-refractivity contribution in [2.24, 2.45) is 0 Å². The maximum Gasteiger partial charge on any atom is 0.257 e. The number of aryl methyl sites for hydroxylation is 1. The Hall–Kier alpha value is -3.64. The topological polar surface area (TPSA) is 51.7 Å². The number of nitrogens with zero attached hydrogens (tertiary/aromatic N) is 2. The molecule has 0 radical (unpaired) electrons. The van der Waals surface area contributed by atoms with Gasteiger partial charge >= 0.3 is 0 Å². The number of benzene rings is 3. The Morgan fingerprint density at radius 2 is 1.69 bits per heavy atom. The first-order chi connectivity index (χ1) is 16.9. The van der Waals surface area contributed by atoms with Crippen LogP contribution in [-0.2, 0) is 19.5 Å². The van der Waals surface area contributed by atoms with E-state index in [-0.39, 0.29) is 18.7 Å². The Bertz CT molecular complexity index is 1380. The summed E-state index contributed by atoms with van der Waals surface area (Å²) < 4.78 is 25.3. The molecule has 0 N–H and O–H groups in total. The quantitative estimate of drug-likeness (QED) is 0.265. The molecule has 0 spiro atoms. The Labute approximate surface area is 209 Å². The first-order valence-corrected chi connectivity index (χ1v) is 11.6. The molecule has 0 aliphatic rings. The molecule has 180 valence electrons. The zero-order chi connectivity index (χ0) is 24.9. The lowest BCUT2D eigenvalue weighted by molar-refractivity contribution is 0.0725. The third kappa shape index (κ3) is 5.38. The van der Waals surface area contributed by atoms with Gasteiger partial charge in [0.2, 0.25) is 0 Å². The monoisotopic (exact) mass is 492 g/mol. The molecule has 1 aromatic heterocycles. The normalized spacial score (nSPS) is 10.9. The third-order valence-electron chi connectivity index (χ3n) is 5.89. The number of ether oxygens (including phenoxy) is 2. The van der Waals surface area contributed by atoms with Crippen LogP contribution in [0.1, 0.15) is 34.0 Å². The number of carbonyl (C=O) groups is 1. The summed E-state index contributed by atoms with van der Waals surface area (Å²) in [6, 6.07) is 19.3. The van der Waals surface area contributed by atoms with E-state index in [9.17, 15) is 9.18 Å². The second-order valence-electron chi connectivity index (χ2n) is 8.15. The van der Waals surface area contributed by atoms with E-state index in [0.29, 0.717) is 22.2 Å². The molecule has 0 aliphatic carbocycles. The molecule has 4 aromatic rings. The summed E-state index contributed by atoms with van der Waals surface area (Å²) >= 11 is 6.53. The molecule has 35 heavy (non-hydrogen) atoms. The van der Waals surface area contributed by atoms with Gasteiger partial charge in [0.05, 0.1) is 25.3 Å². The minimum absolute atomic E-state index is 0.00823. The van der Waals surface area contributed by atoms with Gasteiger partial charge in [-0.15, -0.1) is 0 Å². The highest BCUT2D eigenvalue weighted by atomic mass is 35.5. The van der Waals surface area contributed by atoms with Crippen molar-refractivity contribution >= 4 is 28.4 Å². The van der Waals surface area contributed by atoms with Crippen molar-refractivity contribution in [1.29, 1.82) is 0 Å². The first kappa shape index (κ1) is 24.5. The van der Waals surface area contributed by atoms with Gasteiger partial charge in [-0.2, -0.15) is 0 Å². The Morgan fingerprint density at radius 3 is 2.40 bits per heavy atom. The molecule has 0 aliphatic heterocycles. The van der Waals surface area contributed by atoms with Crippen molar-refractivity contribution in [3.05, 3.63) is 100.0 Å². The minimum atomic E-state index is -0.579. The van der Waals surface area contributed by atoms with Gasteiger partial charge in [-0.3, -0.25) is 4.79 Å². The van der Waals surface area contributed by atoms with Crippen LogP contribution < -0.4 is 9.47 Å². The molecule has 1 amide bonds. The molecular weight excluding hydrogens is 467 g/mol. The van der Waals surface area contributed by atoms with Gasteiger partial charge in [0.1, 0.15) is 11.0 Å². The molecule has 5 nitrogen and oxygen atoms in total. The molecule has 7 heteroatoms. The lowest BCUT2D eigenvalue weighted by atomic mass is 10.1. The summed E-state index contributed by atoms with van der Waals surface area (Å²) in [5, 5.41) is 1.24. The number of halogens is 2. The number of hydrogen-bond donors (Lipinski definition) is 0. The molecule has 0 saturated heterocycles. The summed E-state index contributed by atoms with van der Waals surface area (Å²) in [7, 11) is 3.11. The summed E-state index contributed by atoms with van der Waals surface area (Å²) in [5.74, 6) is 0.0963. The van der Waals surface area contributed by atoms with Gasteiger partial charge in [0, 0.05) is 24.0 Å². The molecule has 0 unspecified atom stereocenters. The number of hydrogen-bond acceptors (Lipinski definition) is 4. The number of carbonyl (C=O) groups excluding carboxylic acids is 1. The predicted molar refractivity (Wildman–Crippen MR) is 136 cm³/mol. The number of pyridine rings is 1. The number of fused-ring (bicyclic) bond motifs is 1. The van der Waals surface area contributed by atoms with Crippen molar-refractivity contribution in [2.75, 3.05) is 14.2 Å². The van der Waals surface area contributed by atoms with Crippen molar-refractivity contribution in [3.8, 4) is 11.5 Å². The smallest absolute Gasteiger partial charge is 0.257 e. The highest BCUT2D eigenvalue weighted by Crippen LogP contribution is 2.29. The van der Waals surface area contributed by atoms with Crippen LogP contribution in [0.2, 0.25) is 5.15 Å². The van der Waals surface area contributed by atoms with Gasteiger partial charge < -0.3 is 14.4 Å². The highest BCUT2D eigenvalue weighted by Gasteiger charge is 2.22. The number of rotatable bonds is 8. The van der Waals surface area contributed by atoms with Gasteiger partial charge in [-0.05, 0) is 60.0 Å². The fourth-order valence-corrected chi connectivity index (χ4v) is 4.19. The van der Waals surface area contributed by atoms with E-state index in [4.69, 9.17) is 21.1 Å². The average Bonchev–Trinajstić information content (AvgIpc) is 2.88. The fourth-order valence-electron chi connectivity index (χ4n) is 3.99. The van der Waals surface area contributed by atoms with Crippen LogP contribution in [0.4, 0.5) is 4.39 Å². The van der Waals surface area contributed by atoms with Crippen LogP contribution in [0, 0.1) is 5.82 Å². The van der Waals surface area contributed by atoms with Gasteiger partial charge in [-0.1, -0.05) is 42.8 Å². The lowest BCUT2D eigenvalue weighted by Gasteiger charge is -2.24. The second kappa shape index (κ2) is 10.7. The van der Waals surface area contributed by atoms with Crippen molar-refractivity contribution in [1.82, 2.24) is 9.88 Å². The van der Waals surface area contributed by atoms with E-state index >= 15 is 0 Å². The summed E-state index contributed by atoms with van der Waals surface area (Å²) in [4.78, 5) is 19.6. The second-order valence-corrected chi connectivity index (χ2v) is 8.51. The van der Waals surface area contributed by atoms with E-state index in [2.05, 4.69) is 18.0 Å². The van der Waals surface area contributed by atoms with Gasteiger partial charge in [0.25, 0.3) is 5.91 Å². The molecule has 0 saturated carbocycles. The predicted octanol–water partition coefficient (Wildman–Crippen LogP) is 6.45. The Kier molecular flexibility index (Phi) is 7.51. The number of amides is 1. The van der Waals surface area contributed by atoms with E-state index in [1.165, 1.54) is 17.7 Å². The van der Waals surface area contributed by atoms with Crippen LogP contribution in [-0.4, -0.2) is 30.0 Å². The van der Waals surface area contributed by atoms with Gasteiger partial charge in [0.15, 0.2) is 11.5 Å². The molecule has 4 rings (SSSR count). The van der Waals surface area contributed by atoms with Crippen LogP contribution in [0.25, 0.3) is 10.9 Å². The zero-order valence-electron chi connectivity index (χ0n) is 19.8. The van der Waals surface area contributed by atoms with Crippen LogP contribution >= 0.6 is 11.6 Å². The standard InChI is InChI=1S/C28H26ClFN2O3/c1-4-18-9-11-24-20(13-18)15-21(27(29)31-24)17-32(28(33)22-7-5-6-8-23(22)30)16-19-10-12-25(34-2)26(14-19)35-3/h5-15H,4,16-17H2,1-3H3. The maximum atomic E-state index is 14.5. The maximum absolute atomic E-state index is 14.5. The van der Waals surface area contributed by atoms with Crippen molar-refractivity contribution < 1.29 is 18.7 Å². The third-order valence-corrected chi connectivity index (χ3v) is 6.21. The first-order valence-electron chi connectivity index (χ1n) is 11.3. The molecular formula is C28H26ClFN2O3. The van der Waals surface area contributed by atoms with Crippen LogP contribution in [0.15, 0.2) is 66.7 Å². The highest BCUT2D eigenvalue weighted by molar-refractivity contribution is 6.30. The summed E-state index contributed by atoms with van der Waals surface area (Å²) in [6.07, 6.45) is 0.894. The van der Waals surface area contributed by atoms with E-state index in [1.54, 1.807) is 43.4 Å². The molecule has 0 bridgehead atoms. The Morgan fingerprint density at radius 1 is 0.943 bits per heavy atom. The molecule has 0 atom stereocenters. The number of aromatic nitrogens is 1. The minimum Gasteiger partial charge on any atom is -0.493 e. The Balaban J connectivity index is 1.74. The fraction of sp³-hybridized carbons (Fsp3) is 0.214. The molecule has 0 fully saturated rings. The zero-order valence-corrected chi connectivity index (χ0v) is 20.6. The van der Waals surface area contributed by atoms with Crippen molar-refractivity contribution in [3.63, 3.8) is 0 Å². The van der Waals surface area contributed by atoms with E-state index in [1.807, 2.05) is 24.3 Å². The average molecular weight is 493 g/mol. The number of methoxy groups -OCH3 is 2.